The van der Waals surface area contributed by atoms with Crippen LogP contribution in [0.2, 0.25) is 0 Å². The van der Waals surface area contributed by atoms with Crippen LogP contribution in [0.1, 0.15) is 6.23 Å². The van der Waals surface area contributed by atoms with Crippen molar-refractivity contribution in [2.75, 3.05) is 5.73 Å². The Bertz CT molecular complexity index is 907. The molecule has 3 heterocycles. The van der Waals surface area contributed by atoms with Gasteiger partial charge in [-0.25, -0.2) is 28.9 Å². The second kappa shape index (κ2) is 5.30. The largest absolute Gasteiger partial charge is 0.479 e. The van der Waals surface area contributed by atoms with Gasteiger partial charge in [-0.15, -0.1) is 0 Å². The van der Waals surface area contributed by atoms with Gasteiger partial charge in [0.05, 0.1) is 6.33 Å². The number of fused-ring (bicyclic) bond motifs is 2. The SMILES string of the molecule is Nc1ncnc2c1ncn2[C@@H]1O[C@@H]2C(OC(C(=O)O)C(=O)O)[C@]2(O)[C@@H]1F. The quantitative estimate of drug-likeness (QED) is 0.441. The van der Waals surface area contributed by atoms with Gasteiger partial charge in [-0.2, -0.15) is 0 Å². The first-order valence-electron chi connectivity index (χ1n) is 7.32. The van der Waals surface area contributed by atoms with E-state index in [1.165, 1.54) is 10.9 Å². The third-order valence-electron chi connectivity index (χ3n) is 4.45. The number of aliphatic hydroxyl groups is 1. The number of rotatable bonds is 5. The number of anilines is 1. The van der Waals surface area contributed by atoms with Crippen LogP contribution in [0.4, 0.5) is 10.2 Å². The number of nitrogen functional groups attached to an aromatic ring is 1. The van der Waals surface area contributed by atoms with Crippen molar-refractivity contribution in [2.24, 2.45) is 0 Å². The zero-order chi connectivity index (χ0) is 18.8. The number of hydrogen-bond donors (Lipinski definition) is 4. The van der Waals surface area contributed by atoms with Crippen LogP contribution in [-0.4, -0.2) is 76.9 Å². The van der Waals surface area contributed by atoms with E-state index in [1.807, 2.05) is 0 Å². The van der Waals surface area contributed by atoms with Crippen LogP contribution in [0, 0.1) is 0 Å². The van der Waals surface area contributed by atoms with Gasteiger partial charge < -0.3 is 30.5 Å². The Hall–Kier alpha value is -2.90. The van der Waals surface area contributed by atoms with Gasteiger partial charge in [-0.3, -0.25) is 4.57 Å². The molecule has 2 aromatic rings. The third-order valence-corrected chi connectivity index (χ3v) is 4.45. The van der Waals surface area contributed by atoms with Crippen molar-refractivity contribution in [2.45, 2.75) is 36.3 Å². The van der Waals surface area contributed by atoms with E-state index in [-0.39, 0.29) is 17.0 Å². The smallest absolute Gasteiger partial charge is 0.344 e. The zero-order valence-electron chi connectivity index (χ0n) is 12.8. The molecule has 5 atom stereocenters. The van der Waals surface area contributed by atoms with Crippen molar-refractivity contribution in [1.29, 1.82) is 0 Å². The maximum atomic E-state index is 14.8. The fraction of sp³-hybridized carbons (Fsp3) is 0.462. The molecular weight excluding hydrogens is 357 g/mol. The lowest BCUT2D eigenvalue weighted by molar-refractivity contribution is -0.173. The van der Waals surface area contributed by atoms with Crippen molar-refractivity contribution in [3.05, 3.63) is 12.7 Å². The van der Waals surface area contributed by atoms with Gasteiger partial charge in [0.2, 0.25) is 0 Å². The van der Waals surface area contributed by atoms with Crippen LogP contribution in [0.25, 0.3) is 11.2 Å². The number of aliphatic carboxylic acids is 2. The number of alkyl halides is 1. The molecule has 4 rings (SSSR count). The summed E-state index contributed by atoms with van der Waals surface area (Å²) in [4.78, 5) is 33.4. The van der Waals surface area contributed by atoms with E-state index < -0.39 is 48.3 Å². The molecule has 0 radical (unpaired) electrons. The van der Waals surface area contributed by atoms with Gasteiger partial charge >= 0.3 is 11.9 Å². The fourth-order valence-corrected chi connectivity index (χ4v) is 3.08. The number of aromatic nitrogens is 4. The number of ether oxygens (including phenoxy) is 2. The predicted octanol–water partition coefficient (Wildman–Crippen LogP) is -1.69. The average molecular weight is 369 g/mol. The lowest BCUT2D eigenvalue weighted by Gasteiger charge is -2.22. The molecule has 2 aromatic heterocycles. The number of hydrogen-bond acceptors (Lipinski definition) is 9. The van der Waals surface area contributed by atoms with Crippen molar-refractivity contribution in [3.8, 4) is 0 Å². The number of halogens is 1. The standard InChI is InChI=1S/C13H12FN5O7/c14-5-10(19-2-18-3-8(15)16-1-17-9(3)19)26-7-6(13(5,7)24)25-4(11(20)21)12(22)23/h1-2,4-7,10,24H,(H,20,21)(H,22,23)(H2,15,16,17)/t5-,6?,7-,10-,13-/m1/s1. The molecule has 0 amide bonds. The van der Waals surface area contributed by atoms with Crippen LogP contribution >= 0.6 is 0 Å². The fourth-order valence-electron chi connectivity index (χ4n) is 3.08. The normalized spacial score (nSPS) is 32.7. The topological polar surface area (TPSA) is 183 Å². The summed E-state index contributed by atoms with van der Waals surface area (Å²) in [5, 5.41) is 28.0. The summed E-state index contributed by atoms with van der Waals surface area (Å²) in [5.74, 6) is -3.46. The van der Waals surface area contributed by atoms with Gasteiger partial charge in [0.25, 0.3) is 6.10 Å². The minimum Gasteiger partial charge on any atom is -0.479 e. The van der Waals surface area contributed by atoms with Gasteiger partial charge in [0, 0.05) is 0 Å². The first-order valence-corrected chi connectivity index (χ1v) is 7.32. The van der Waals surface area contributed by atoms with E-state index >= 15 is 0 Å². The Morgan fingerprint density at radius 1 is 1.35 bits per heavy atom. The highest BCUT2D eigenvalue weighted by atomic mass is 19.1. The van der Waals surface area contributed by atoms with E-state index in [0.29, 0.717) is 0 Å². The first kappa shape index (κ1) is 16.6. The Morgan fingerprint density at radius 2 is 2.04 bits per heavy atom. The maximum Gasteiger partial charge on any atom is 0.344 e. The van der Waals surface area contributed by atoms with Crippen molar-refractivity contribution in [1.82, 2.24) is 19.5 Å². The summed E-state index contributed by atoms with van der Waals surface area (Å²) in [5.41, 5.74) is 3.88. The molecule has 1 unspecified atom stereocenters. The van der Waals surface area contributed by atoms with Crippen molar-refractivity contribution < 1.29 is 38.8 Å². The molecule has 0 spiro atoms. The zero-order valence-corrected chi connectivity index (χ0v) is 12.8. The van der Waals surface area contributed by atoms with Gasteiger partial charge in [0.1, 0.15) is 24.1 Å². The second-order valence-electron chi connectivity index (χ2n) is 5.93. The van der Waals surface area contributed by atoms with Crippen LogP contribution in [0.5, 0.6) is 0 Å². The Labute approximate surface area is 143 Å². The van der Waals surface area contributed by atoms with Crippen LogP contribution < -0.4 is 5.73 Å². The Balaban J connectivity index is 1.57. The lowest BCUT2D eigenvalue weighted by Crippen LogP contribution is -2.39. The highest BCUT2D eigenvalue weighted by Gasteiger charge is 2.79. The molecule has 5 N–H and O–H groups in total. The lowest BCUT2D eigenvalue weighted by atomic mass is 10.2. The highest BCUT2D eigenvalue weighted by molar-refractivity contribution is 5.96. The van der Waals surface area contributed by atoms with E-state index in [9.17, 15) is 19.1 Å². The molecular formula is C13H12FN5O7. The number of carboxylic acids is 2. The molecule has 1 aliphatic carbocycles. The summed E-state index contributed by atoms with van der Waals surface area (Å²) in [6, 6.07) is 0. The molecule has 26 heavy (non-hydrogen) atoms. The molecule has 2 fully saturated rings. The molecule has 0 aromatic carbocycles. The Kier molecular flexibility index (Phi) is 3.37. The van der Waals surface area contributed by atoms with Crippen molar-refractivity contribution >= 4 is 28.9 Å². The number of carboxylic acid groups (broad SMARTS) is 2. The van der Waals surface area contributed by atoms with Crippen LogP contribution in [0.15, 0.2) is 12.7 Å². The number of imidazole rings is 1. The van der Waals surface area contributed by atoms with Gasteiger partial charge in [0.15, 0.2) is 29.5 Å². The molecule has 138 valence electrons. The highest BCUT2D eigenvalue weighted by Crippen LogP contribution is 2.57. The molecule has 1 aliphatic heterocycles. The monoisotopic (exact) mass is 369 g/mol. The summed E-state index contributed by atoms with van der Waals surface area (Å²) in [7, 11) is 0. The molecule has 2 aliphatic rings. The Morgan fingerprint density at radius 3 is 2.62 bits per heavy atom. The maximum absolute atomic E-state index is 14.8. The predicted molar refractivity (Wildman–Crippen MR) is 77.4 cm³/mol. The minimum absolute atomic E-state index is 0.0815. The van der Waals surface area contributed by atoms with E-state index in [1.54, 1.807) is 0 Å². The summed E-state index contributed by atoms with van der Waals surface area (Å²) < 4.78 is 26.3. The molecule has 1 saturated carbocycles. The van der Waals surface area contributed by atoms with E-state index in [2.05, 4.69) is 15.0 Å². The number of nitrogens with zero attached hydrogens (tertiary/aromatic N) is 4. The first-order chi connectivity index (χ1) is 12.3. The van der Waals surface area contributed by atoms with E-state index in [0.717, 1.165) is 6.33 Å². The summed E-state index contributed by atoms with van der Waals surface area (Å²) >= 11 is 0. The van der Waals surface area contributed by atoms with Crippen molar-refractivity contribution in [3.63, 3.8) is 0 Å². The third kappa shape index (κ3) is 2.07. The van der Waals surface area contributed by atoms with Gasteiger partial charge in [-0.1, -0.05) is 0 Å². The molecule has 12 nitrogen and oxygen atoms in total. The molecule has 1 saturated heterocycles. The van der Waals surface area contributed by atoms with E-state index in [4.69, 9.17) is 25.4 Å². The summed E-state index contributed by atoms with van der Waals surface area (Å²) in [6.07, 6.45) is -5.91. The molecule has 0 bridgehead atoms. The van der Waals surface area contributed by atoms with Crippen LogP contribution in [-0.2, 0) is 19.1 Å². The average Bonchev–Trinajstić information content (AvgIpc) is 2.86. The summed E-state index contributed by atoms with van der Waals surface area (Å²) in [6.45, 7) is 0. The minimum atomic E-state index is -2.24. The van der Waals surface area contributed by atoms with Gasteiger partial charge in [-0.05, 0) is 0 Å². The van der Waals surface area contributed by atoms with Crippen LogP contribution in [0.3, 0.4) is 0 Å². The second-order valence-corrected chi connectivity index (χ2v) is 5.93. The number of nitrogens with two attached hydrogens (primary N) is 1. The molecule has 13 heteroatoms. The number of carbonyl (C=O) groups is 2.